The number of aliphatic hydroxyl groups is 1. The fourth-order valence-electron chi connectivity index (χ4n) is 4.42. The number of halogens is 1. The summed E-state index contributed by atoms with van der Waals surface area (Å²) in [5.41, 5.74) is 2.62. The molecule has 0 bridgehead atoms. The first-order valence-corrected chi connectivity index (χ1v) is 12.3. The molecule has 1 aromatic heterocycles. The molecule has 188 valence electrons. The monoisotopic (exact) mass is 482 g/mol. The molecule has 0 radical (unpaired) electrons. The summed E-state index contributed by atoms with van der Waals surface area (Å²) in [4.78, 5) is 4.48. The van der Waals surface area contributed by atoms with Gasteiger partial charge in [-0.25, -0.2) is 9.07 Å². The highest BCUT2D eigenvalue weighted by molar-refractivity contribution is 5.43. The van der Waals surface area contributed by atoms with Crippen LogP contribution in [0.4, 0.5) is 4.39 Å². The highest BCUT2D eigenvalue weighted by Crippen LogP contribution is 2.32. The van der Waals surface area contributed by atoms with E-state index >= 15 is 0 Å². The highest BCUT2D eigenvalue weighted by Gasteiger charge is 2.23. The van der Waals surface area contributed by atoms with Gasteiger partial charge in [0, 0.05) is 38.8 Å². The van der Waals surface area contributed by atoms with Crippen LogP contribution in [-0.4, -0.2) is 76.7 Å². The molecule has 0 amide bonds. The number of β-amino-alcohol motifs (C(OH)–C–C–N with tert-alkyl or cyclic N) is 1. The number of morpholine rings is 1. The third-order valence-corrected chi connectivity index (χ3v) is 6.11. The van der Waals surface area contributed by atoms with Gasteiger partial charge in [-0.3, -0.25) is 9.80 Å². The van der Waals surface area contributed by atoms with Crippen molar-refractivity contribution >= 4 is 0 Å². The summed E-state index contributed by atoms with van der Waals surface area (Å²) in [5.74, 6) is 0.617. The van der Waals surface area contributed by atoms with Crippen LogP contribution in [0.3, 0.4) is 0 Å². The van der Waals surface area contributed by atoms with Crippen LogP contribution < -0.4 is 4.74 Å². The second-order valence-corrected chi connectivity index (χ2v) is 8.98. The summed E-state index contributed by atoms with van der Waals surface area (Å²) in [6.45, 7) is 9.77. The van der Waals surface area contributed by atoms with Crippen molar-refractivity contribution in [1.82, 2.24) is 19.6 Å². The zero-order valence-electron chi connectivity index (χ0n) is 20.6. The van der Waals surface area contributed by atoms with Crippen LogP contribution in [0.5, 0.6) is 11.6 Å². The topological polar surface area (TPSA) is 63.0 Å². The molecule has 1 aliphatic rings. The normalized spacial score (nSPS) is 15.5. The number of aliphatic hydroxyl groups excluding tert-OH is 1. The Hall–Kier alpha value is -2.78. The molecule has 1 atom stereocenters. The van der Waals surface area contributed by atoms with E-state index in [1.165, 1.54) is 12.1 Å². The van der Waals surface area contributed by atoms with Crippen molar-refractivity contribution in [3.8, 4) is 17.3 Å². The molecule has 2 aromatic carbocycles. The summed E-state index contributed by atoms with van der Waals surface area (Å²) >= 11 is 0. The van der Waals surface area contributed by atoms with Crippen molar-refractivity contribution < 1.29 is 19.0 Å². The maximum Gasteiger partial charge on any atom is 0.227 e. The lowest BCUT2D eigenvalue weighted by atomic mass is 10.2. The summed E-state index contributed by atoms with van der Waals surface area (Å²) in [6.07, 6.45) is 0.479. The van der Waals surface area contributed by atoms with E-state index in [-0.39, 0.29) is 5.82 Å². The smallest absolute Gasteiger partial charge is 0.227 e. The van der Waals surface area contributed by atoms with Gasteiger partial charge in [-0.15, -0.1) is 0 Å². The number of hydrogen-bond acceptors (Lipinski definition) is 6. The van der Waals surface area contributed by atoms with Crippen LogP contribution in [-0.2, 0) is 11.3 Å². The molecule has 0 aliphatic carbocycles. The number of ether oxygens (including phenoxy) is 2. The Morgan fingerprint density at radius 2 is 1.91 bits per heavy atom. The second kappa shape index (κ2) is 12.3. The Morgan fingerprint density at radius 1 is 1.14 bits per heavy atom. The largest absolute Gasteiger partial charge is 0.438 e. The lowest BCUT2D eigenvalue weighted by Crippen LogP contribution is -2.44. The van der Waals surface area contributed by atoms with Crippen molar-refractivity contribution in [2.75, 3.05) is 45.9 Å². The van der Waals surface area contributed by atoms with Crippen molar-refractivity contribution in [3.63, 3.8) is 0 Å². The van der Waals surface area contributed by atoms with Gasteiger partial charge in [0.25, 0.3) is 0 Å². The van der Waals surface area contributed by atoms with Crippen LogP contribution >= 0.6 is 0 Å². The number of aryl methyl sites for hydroxylation is 1. The van der Waals surface area contributed by atoms with Crippen molar-refractivity contribution in [2.24, 2.45) is 0 Å². The minimum absolute atomic E-state index is 0.356. The minimum Gasteiger partial charge on any atom is -0.438 e. The van der Waals surface area contributed by atoms with Crippen LogP contribution in [0.2, 0.25) is 0 Å². The molecule has 35 heavy (non-hydrogen) atoms. The van der Waals surface area contributed by atoms with Gasteiger partial charge in [-0.05, 0) is 44.2 Å². The summed E-state index contributed by atoms with van der Waals surface area (Å²) in [7, 11) is 0. The standard InChI is InChI=1S/C27H35FN4O3/c1-3-12-31(19-24(33)18-30-13-15-34-16-14-30)20-26-21(2)29-32(23-9-5-4-6-10-23)27(26)35-25-11-7-8-22(28)17-25/h4-11,17,24,33H,3,12-16,18-20H2,1-2H3/t24-/m0/s1. The molecule has 7 nitrogen and oxygen atoms in total. The number of benzene rings is 2. The molecule has 1 saturated heterocycles. The van der Waals surface area contributed by atoms with Gasteiger partial charge in [0.05, 0.1) is 36.3 Å². The number of aromatic nitrogens is 2. The molecule has 1 N–H and O–H groups in total. The third-order valence-electron chi connectivity index (χ3n) is 6.11. The molecule has 3 aromatic rings. The Bertz CT molecular complexity index is 1070. The lowest BCUT2D eigenvalue weighted by molar-refractivity contribution is 0.00622. The Kier molecular flexibility index (Phi) is 8.87. The average Bonchev–Trinajstić information content (AvgIpc) is 3.15. The molecular weight excluding hydrogens is 447 g/mol. The van der Waals surface area contributed by atoms with Crippen LogP contribution in [0.25, 0.3) is 5.69 Å². The summed E-state index contributed by atoms with van der Waals surface area (Å²) in [6, 6.07) is 15.9. The van der Waals surface area contributed by atoms with E-state index < -0.39 is 6.10 Å². The Morgan fingerprint density at radius 3 is 2.63 bits per heavy atom. The first-order chi connectivity index (χ1) is 17.0. The van der Waals surface area contributed by atoms with Gasteiger partial charge in [0.1, 0.15) is 11.6 Å². The Labute approximate surface area is 206 Å². The molecule has 8 heteroatoms. The van der Waals surface area contributed by atoms with E-state index in [0.717, 1.165) is 43.0 Å². The van der Waals surface area contributed by atoms with Crippen molar-refractivity contribution in [2.45, 2.75) is 32.9 Å². The van der Waals surface area contributed by atoms with Gasteiger partial charge >= 0.3 is 0 Å². The van der Waals surface area contributed by atoms with E-state index in [9.17, 15) is 9.50 Å². The molecule has 1 aliphatic heterocycles. The zero-order valence-corrected chi connectivity index (χ0v) is 20.6. The number of rotatable bonds is 11. The number of nitrogens with zero attached hydrogens (tertiary/aromatic N) is 4. The molecule has 1 fully saturated rings. The highest BCUT2D eigenvalue weighted by atomic mass is 19.1. The Balaban J connectivity index is 1.59. The quantitative estimate of drug-likeness (QED) is 0.446. The molecule has 0 unspecified atom stereocenters. The molecule has 4 rings (SSSR count). The van der Waals surface area contributed by atoms with Gasteiger partial charge in [0.2, 0.25) is 5.88 Å². The third kappa shape index (κ3) is 6.89. The average molecular weight is 483 g/mol. The molecule has 2 heterocycles. The number of para-hydroxylation sites is 1. The molecule has 0 spiro atoms. The molecule has 0 saturated carbocycles. The van der Waals surface area contributed by atoms with Gasteiger partial charge < -0.3 is 14.6 Å². The van der Waals surface area contributed by atoms with Crippen molar-refractivity contribution in [3.05, 3.63) is 71.7 Å². The van der Waals surface area contributed by atoms with Crippen LogP contribution in [0, 0.1) is 12.7 Å². The van der Waals surface area contributed by atoms with E-state index in [4.69, 9.17) is 14.6 Å². The van der Waals surface area contributed by atoms with E-state index in [1.54, 1.807) is 16.8 Å². The summed E-state index contributed by atoms with van der Waals surface area (Å²) in [5, 5.41) is 15.6. The first kappa shape index (κ1) is 25.3. The van der Waals surface area contributed by atoms with Gasteiger partial charge in [-0.1, -0.05) is 31.2 Å². The first-order valence-electron chi connectivity index (χ1n) is 12.3. The second-order valence-electron chi connectivity index (χ2n) is 8.98. The SMILES string of the molecule is CCCN(Cc1c(C)nn(-c2ccccc2)c1Oc1cccc(F)c1)C[C@@H](O)CN1CCOCC1. The number of hydrogen-bond donors (Lipinski definition) is 1. The zero-order chi connectivity index (χ0) is 24.6. The maximum absolute atomic E-state index is 13.9. The summed E-state index contributed by atoms with van der Waals surface area (Å²) < 4.78 is 27.3. The fourth-order valence-corrected chi connectivity index (χ4v) is 4.42. The predicted octanol–water partition coefficient (Wildman–Crippen LogP) is 4.02. The van der Waals surface area contributed by atoms with Gasteiger partial charge in [0.15, 0.2) is 0 Å². The van der Waals surface area contributed by atoms with E-state index in [1.807, 2.05) is 37.3 Å². The lowest BCUT2D eigenvalue weighted by Gasteiger charge is -2.31. The fraction of sp³-hybridized carbons (Fsp3) is 0.444. The van der Waals surface area contributed by atoms with Gasteiger partial charge in [-0.2, -0.15) is 5.10 Å². The minimum atomic E-state index is -0.475. The van der Waals surface area contributed by atoms with Crippen molar-refractivity contribution in [1.29, 1.82) is 0 Å². The predicted molar refractivity (Wildman–Crippen MR) is 134 cm³/mol. The van der Waals surface area contributed by atoms with Crippen LogP contribution in [0.1, 0.15) is 24.6 Å². The van der Waals surface area contributed by atoms with E-state index in [0.29, 0.717) is 44.5 Å². The molecular formula is C27H35FN4O3. The maximum atomic E-state index is 13.9. The van der Waals surface area contributed by atoms with E-state index in [2.05, 4.69) is 16.7 Å². The van der Waals surface area contributed by atoms with Crippen LogP contribution in [0.15, 0.2) is 54.6 Å².